The molecule has 0 amide bonds. The van der Waals surface area contributed by atoms with Gasteiger partial charge >= 0.3 is 0 Å². The molecule has 0 atom stereocenters. The van der Waals surface area contributed by atoms with Gasteiger partial charge in [0.1, 0.15) is 0 Å². The fourth-order valence-corrected chi connectivity index (χ4v) is 1.93. The minimum Gasteiger partial charge on any atom is -0.359 e. The molecule has 2 N–H and O–H groups in total. The van der Waals surface area contributed by atoms with Crippen molar-refractivity contribution in [3.63, 3.8) is 0 Å². The Morgan fingerprint density at radius 2 is 2.19 bits per heavy atom. The first-order valence-corrected chi connectivity index (χ1v) is 5.93. The van der Waals surface area contributed by atoms with Crippen molar-refractivity contribution in [3.05, 3.63) is 11.6 Å². The third-order valence-electron chi connectivity index (χ3n) is 2.83. The standard InChI is InChI=1S/C12H23N3.HI/c1-13-12(14-2)15-10-9-11-7-5-3-4-6-8-11;/h7H,3-6,8-10H2,1-2H3,(H2,13,14,15);1H. The summed E-state index contributed by atoms with van der Waals surface area (Å²) in [5, 5.41) is 6.31. The Hall–Kier alpha value is -0.260. The number of halogens is 1. The Morgan fingerprint density at radius 3 is 2.88 bits per heavy atom. The molecule has 94 valence electrons. The molecule has 1 aliphatic rings. The van der Waals surface area contributed by atoms with Gasteiger partial charge in [0, 0.05) is 20.6 Å². The summed E-state index contributed by atoms with van der Waals surface area (Å²) in [7, 11) is 3.68. The fourth-order valence-electron chi connectivity index (χ4n) is 1.93. The number of nitrogens with zero attached hydrogens (tertiary/aromatic N) is 1. The van der Waals surface area contributed by atoms with Gasteiger partial charge in [-0.25, -0.2) is 0 Å². The second-order valence-corrected chi connectivity index (χ2v) is 3.96. The number of hydrogen-bond acceptors (Lipinski definition) is 1. The van der Waals surface area contributed by atoms with Crippen molar-refractivity contribution in [3.8, 4) is 0 Å². The van der Waals surface area contributed by atoms with Crippen molar-refractivity contribution in [1.29, 1.82) is 0 Å². The van der Waals surface area contributed by atoms with E-state index in [1.165, 1.54) is 32.1 Å². The van der Waals surface area contributed by atoms with E-state index in [1.54, 1.807) is 12.6 Å². The van der Waals surface area contributed by atoms with Gasteiger partial charge in [0.05, 0.1) is 0 Å². The molecule has 0 saturated heterocycles. The van der Waals surface area contributed by atoms with E-state index < -0.39 is 0 Å². The van der Waals surface area contributed by atoms with Gasteiger partial charge < -0.3 is 10.6 Å². The molecular weight excluding hydrogens is 313 g/mol. The molecule has 1 rings (SSSR count). The second kappa shape index (κ2) is 9.93. The summed E-state index contributed by atoms with van der Waals surface area (Å²) >= 11 is 0. The van der Waals surface area contributed by atoms with Crippen LogP contribution in [0.1, 0.15) is 38.5 Å². The monoisotopic (exact) mass is 337 g/mol. The molecule has 0 unspecified atom stereocenters. The van der Waals surface area contributed by atoms with E-state index in [1.807, 2.05) is 7.05 Å². The molecule has 4 heteroatoms. The largest absolute Gasteiger partial charge is 0.359 e. The highest BCUT2D eigenvalue weighted by atomic mass is 127. The Morgan fingerprint density at radius 1 is 1.38 bits per heavy atom. The topological polar surface area (TPSA) is 36.4 Å². The summed E-state index contributed by atoms with van der Waals surface area (Å²) in [6.45, 7) is 0.985. The molecule has 0 aromatic rings. The molecule has 0 aliphatic heterocycles. The third kappa shape index (κ3) is 6.35. The van der Waals surface area contributed by atoms with Crippen molar-refractivity contribution in [2.24, 2.45) is 4.99 Å². The molecule has 0 aromatic carbocycles. The molecular formula is C12H24IN3. The summed E-state index contributed by atoms with van der Waals surface area (Å²) < 4.78 is 0. The van der Waals surface area contributed by atoms with Crippen molar-refractivity contribution < 1.29 is 0 Å². The Kier molecular flexibility index (Phi) is 9.77. The quantitative estimate of drug-likeness (QED) is 0.360. The molecule has 0 radical (unpaired) electrons. The van der Waals surface area contributed by atoms with Crippen LogP contribution in [-0.2, 0) is 0 Å². The molecule has 3 nitrogen and oxygen atoms in total. The Labute approximate surface area is 116 Å². The molecule has 0 aromatic heterocycles. The number of nitrogens with one attached hydrogen (secondary N) is 2. The van der Waals surface area contributed by atoms with Crippen LogP contribution in [0.15, 0.2) is 16.6 Å². The molecule has 0 spiro atoms. The molecule has 0 bridgehead atoms. The number of hydrogen-bond donors (Lipinski definition) is 2. The van der Waals surface area contributed by atoms with Gasteiger partial charge in [-0.15, -0.1) is 24.0 Å². The van der Waals surface area contributed by atoms with Crippen molar-refractivity contribution in [2.75, 3.05) is 20.6 Å². The predicted molar refractivity (Wildman–Crippen MR) is 81.6 cm³/mol. The maximum atomic E-state index is 4.08. The zero-order valence-corrected chi connectivity index (χ0v) is 12.7. The number of guanidine groups is 1. The predicted octanol–water partition coefficient (Wildman–Crippen LogP) is 2.68. The van der Waals surface area contributed by atoms with Crippen LogP contribution in [0.5, 0.6) is 0 Å². The lowest BCUT2D eigenvalue weighted by Gasteiger charge is -2.09. The molecule has 1 aliphatic carbocycles. The van der Waals surface area contributed by atoms with Crippen molar-refractivity contribution in [2.45, 2.75) is 38.5 Å². The van der Waals surface area contributed by atoms with Gasteiger partial charge in [-0.3, -0.25) is 4.99 Å². The number of rotatable bonds is 3. The highest BCUT2D eigenvalue weighted by Gasteiger charge is 2.02. The number of allylic oxidation sites excluding steroid dienone is 1. The van der Waals surface area contributed by atoms with Gasteiger partial charge in [-0.2, -0.15) is 0 Å². The zero-order valence-electron chi connectivity index (χ0n) is 10.4. The van der Waals surface area contributed by atoms with Crippen LogP contribution < -0.4 is 10.6 Å². The van der Waals surface area contributed by atoms with Gasteiger partial charge in [-0.05, 0) is 32.1 Å². The minimum atomic E-state index is 0. The van der Waals surface area contributed by atoms with Crippen LogP contribution >= 0.6 is 24.0 Å². The van der Waals surface area contributed by atoms with Crippen molar-refractivity contribution >= 4 is 29.9 Å². The van der Waals surface area contributed by atoms with Crippen LogP contribution in [0.4, 0.5) is 0 Å². The van der Waals surface area contributed by atoms with Crippen molar-refractivity contribution in [1.82, 2.24) is 10.6 Å². The highest BCUT2D eigenvalue weighted by molar-refractivity contribution is 14.0. The van der Waals surface area contributed by atoms with E-state index >= 15 is 0 Å². The smallest absolute Gasteiger partial charge is 0.190 e. The fraction of sp³-hybridized carbons (Fsp3) is 0.750. The Balaban J connectivity index is 0.00000225. The second-order valence-electron chi connectivity index (χ2n) is 3.96. The molecule has 0 fully saturated rings. The summed E-state index contributed by atoms with van der Waals surface area (Å²) in [5.41, 5.74) is 1.62. The van der Waals surface area contributed by atoms with E-state index in [4.69, 9.17) is 0 Å². The van der Waals surface area contributed by atoms with E-state index in [-0.39, 0.29) is 24.0 Å². The average molecular weight is 337 g/mol. The van der Waals surface area contributed by atoms with E-state index in [9.17, 15) is 0 Å². The molecule has 0 saturated carbocycles. The lowest BCUT2D eigenvalue weighted by Crippen LogP contribution is -2.35. The minimum absolute atomic E-state index is 0. The average Bonchev–Trinajstić information content (AvgIpc) is 2.53. The first-order chi connectivity index (χ1) is 7.36. The van der Waals surface area contributed by atoms with E-state index in [2.05, 4.69) is 21.7 Å². The summed E-state index contributed by atoms with van der Waals surface area (Å²) in [4.78, 5) is 4.08. The summed E-state index contributed by atoms with van der Waals surface area (Å²) in [5.74, 6) is 0.879. The van der Waals surface area contributed by atoms with Crippen LogP contribution in [0.3, 0.4) is 0 Å². The normalized spacial score (nSPS) is 16.9. The van der Waals surface area contributed by atoms with Gasteiger partial charge in [0.15, 0.2) is 5.96 Å². The first-order valence-electron chi connectivity index (χ1n) is 5.93. The lowest BCUT2D eigenvalue weighted by molar-refractivity contribution is 0.697. The van der Waals surface area contributed by atoms with E-state index in [0.29, 0.717) is 0 Å². The number of aliphatic imine (C=N–C) groups is 1. The third-order valence-corrected chi connectivity index (χ3v) is 2.83. The van der Waals surface area contributed by atoms with Gasteiger partial charge in [0.25, 0.3) is 0 Å². The van der Waals surface area contributed by atoms with E-state index in [0.717, 1.165) is 18.9 Å². The summed E-state index contributed by atoms with van der Waals surface area (Å²) in [6.07, 6.45) is 10.3. The summed E-state index contributed by atoms with van der Waals surface area (Å²) in [6, 6.07) is 0. The lowest BCUT2D eigenvalue weighted by atomic mass is 10.1. The highest BCUT2D eigenvalue weighted by Crippen LogP contribution is 2.18. The van der Waals surface area contributed by atoms with Crippen LogP contribution in [-0.4, -0.2) is 26.6 Å². The zero-order chi connectivity index (χ0) is 10.9. The SMILES string of the molecule is CN=C(NC)NCCC1=CCCCCC1.I. The molecule has 0 heterocycles. The van der Waals surface area contributed by atoms with Gasteiger partial charge in [-0.1, -0.05) is 18.1 Å². The first kappa shape index (κ1) is 15.7. The van der Waals surface area contributed by atoms with Crippen LogP contribution in [0.2, 0.25) is 0 Å². The Bertz CT molecular complexity index is 236. The maximum Gasteiger partial charge on any atom is 0.190 e. The maximum absolute atomic E-state index is 4.08. The molecule has 16 heavy (non-hydrogen) atoms. The van der Waals surface area contributed by atoms with Crippen LogP contribution in [0, 0.1) is 0 Å². The van der Waals surface area contributed by atoms with Crippen LogP contribution in [0.25, 0.3) is 0 Å². The van der Waals surface area contributed by atoms with Gasteiger partial charge in [0.2, 0.25) is 0 Å².